The van der Waals surface area contributed by atoms with Crippen LogP contribution in [-0.2, 0) is 6.61 Å². The van der Waals surface area contributed by atoms with Crippen LogP contribution in [0.3, 0.4) is 0 Å². The van der Waals surface area contributed by atoms with Crippen LogP contribution in [0.1, 0.15) is 5.56 Å². The van der Waals surface area contributed by atoms with Gasteiger partial charge in [0.1, 0.15) is 12.4 Å². The van der Waals surface area contributed by atoms with E-state index in [1.165, 1.54) is 0 Å². The first-order valence-corrected chi connectivity index (χ1v) is 5.97. The lowest BCUT2D eigenvalue weighted by Crippen LogP contribution is -2.01. The van der Waals surface area contributed by atoms with Gasteiger partial charge in [0.2, 0.25) is 0 Å². The fraction of sp³-hybridized carbons (Fsp3) is 0.0769. The van der Waals surface area contributed by atoms with Crippen LogP contribution in [0.4, 0.5) is 11.4 Å². The second-order valence-corrected chi connectivity index (χ2v) is 4.60. The zero-order valence-corrected chi connectivity index (χ0v) is 10.8. The Morgan fingerprint density at radius 3 is 2.47 bits per heavy atom. The molecule has 0 atom stereocenters. The van der Waals surface area contributed by atoms with Crippen LogP contribution in [0.25, 0.3) is 0 Å². The Kier molecular flexibility index (Phi) is 3.54. The van der Waals surface area contributed by atoms with Gasteiger partial charge in [0.25, 0.3) is 0 Å². The van der Waals surface area contributed by atoms with Crippen molar-refractivity contribution in [3.8, 4) is 5.75 Å². The second kappa shape index (κ2) is 5.10. The van der Waals surface area contributed by atoms with Crippen molar-refractivity contribution in [3.05, 3.63) is 52.5 Å². The van der Waals surface area contributed by atoms with Crippen molar-refractivity contribution >= 4 is 27.3 Å². The van der Waals surface area contributed by atoms with E-state index in [1.54, 1.807) is 6.07 Å². The van der Waals surface area contributed by atoms with E-state index in [9.17, 15) is 0 Å². The Balaban J connectivity index is 2.14. The summed E-state index contributed by atoms with van der Waals surface area (Å²) in [7, 11) is 0. The highest BCUT2D eigenvalue weighted by Crippen LogP contribution is 2.32. The normalized spacial score (nSPS) is 10.2. The molecule has 0 aromatic heterocycles. The molecular weight excluding hydrogens is 280 g/mol. The number of ether oxygens (including phenoxy) is 1. The Morgan fingerprint density at radius 1 is 1.06 bits per heavy atom. The average molecular weight is 293 g/mol. The van der Waals surface area contributed by atoms with E-state index in [0.29, 0.717) is 23.7 Å². The van der Waals surface area contributed by atoms with Gasteiger partial charge < -0.3 is 16.2 Å². The summed E-state index contributed by atoms with van der Waals surface area (Å²) >= 11 is 3.36. The maximum Gasteiger partial charge on any atom is 0.145 e. The quantitative estimate of drug-likeness (QED) is 0.854. The SMILES string of the molecule is Nc1cc(Br)cc(OCc2ccccc2)c1N. The molecule has 4 N–H and O–H groups in total. The first-order chi connectivity index (χ1) is 8.16. The summed E-state index contributed by atoms with van der Waals surface area (Å²) in [5.74, 6) is 0.598. The maximum atomic E-state index is 5.84. The zero-order valence-electron chi connectivity index (χ0n) is 9.19. The molecule has 0 aliphatic carbocycles. The van der Waals surface area contributed by atoms with Crippen molar-refractivity contribution < 1.29 is 4.74 Å². The van der Waals surface area contributed by atoms with Gasteiger partial charge in [-0.05, 0) is 17.7 Å². The van der Waals surface area contributed by atoms with Crippen molar-refractivity contribution in [1.82, 2.24) is 0 Å². The summed E-state index contributed by atoms with van der Waals surface area (Å²) in [6.45, 7) is 0.473. The molecule has 0 aliphatic heterocycles. The highest BCUT2D eigenvalue weighted by Gasteiger charge is 2.06. The van der Waals surface area contributed by atoms with Gasteiger partial charge in [0.05, 0.1) is 11.4 Å². The first kappa shape index (κ1) is 11.8. The van der Waals surface area contributed by atoms with Crippen LogP contribution < -0.4 is 16.2 Å². The number of halogens is 1. The Hall–Kier alpha value is -1.68. The Bertz CT molecular complexity index is 514. The van der Waals surface area contributed by atoms with Crippen LogP contribution in [0, 0.1) is 0 Å². The summed E-state index contributed by atoms with van der Waals surface area (Å²) < 4.78 is 6.50. The second-order valence-electron chi connectivity index (χ2n) is 3.68. The molecule has 88 valence electrons. The number of anilines is 2. The molecular formula is C13H13BrN2O. The Morgan fingerprint density at radius 2 is 1.76 bits per heavy atom. The number of benzene rings is 2. The number of hydrogen-bond acceptors (Lipinski definition) is 3. The minimum absolute atomic E-state index is 0.473. The fourth-order valence-corrected chi connectivity index (χ4v) is 1.92. The van der Waals surface area contributed by atoms with E-state index >= 15 is 0 Å². The lowest BCUT2D eigenvalue weighted by atomic mass is 10.2. The fourth-order valence-electron chi connectivity index (χ4n) is 1.47. The monoisotopic (exact) mass is 292 g/mol. The molecule has 0 bridgehead atoms. The van der Waals surface area contributed by atoms with Crippen molar-refractivity contribution in [2.75, 3.05) is 11.5 Å². The van der Waals surface area contributed by atoms with Crippen molar-refractivity contribution in [2.45, 2.75) is 6.61 Å². The van der Waals surface area contributed by atoms with E-state index in [0.717, 1.165) is 10.0 Å². The van der Waals surface area contributed by atoms with E-state index in [1.807, 2.05) is 36.4 Å². The molecule has 0 amide bonds. The van der Waals surface area contributed by atoms with Gasteiger partial charge in [-0.1, -0.05) is 46.3 Å². The third-order valence-electron chi connectivity index (χ3n) is 2.38. The van der Waals surface area contributed by atoms with Crippen LogP contribution in [0.15, 0.2) is 46.9 Å². The molecule has 0 fully saturated rings. The molecule has 0 heterocycles. The molecule has 0 radical (unpaired) electrons. The van der Waals surface area contributed by atoms with E-state index in [4.69, 9.17) is 16.2 Å². The summed E-state index contributed by atoms with van der Waals surface area (Å²) in [6.07, 6.45) is 0. The molecule has 2 aromatic carbocycles. The lowest BCUT2D eigenvalue weighted by Gasteiger charge is -2.11. The minimum Gasteiger partial charge on any atom is -0.487 e. The van der Waals surface area contributed by atoms with E-state index in [-0.39, 0.29) is 0 Å². The molecule has 0 saturated heterocycles. The molecule has 2 rings (SSSR count). The first-order valence-electron chi connectivity index (χ1n) is 5.18. The topological polar surface area (TPSA) is 61.3 Å². The molecule has 2 aromatic rings. The third-order valence-corrected chi connectivity index (χ3v) is 2.83. The van der Waals surface area contributed by atoms with E-state index in [2.05, 4.69) is 15.9 Å². The predicted molar refractivity (Wildman–Crippen MR) is 73.7 cm³/mol. The lowest BCUT2D eigenvalue weighted by molar-refractivity contribution is 0.308. The standard InChI is InChI=1S/C13H13BrN2O/c14-10-6-11(15)13(16)12(7-10)17-8-9-4-2-1-3-5-9/h1-7H,8,15-16H2. The Labute approximate surface area is 109 Å². The highest BCUT2D eigenvalue weighted by atomic mass is 79.9. The van der Waals surface area contributed by atoms with Gasteiger partial charge in [0.15, 0.2) is 0 Å². The largest absolute Gasteiger partial charge is 0.487 e. The molecule has 17 heavy (non-hydrogen) atoms. The van der Waals surface area contributed by atoms with Crippen molar-refractivity contribution in [3.63, 3.8) is 0 Å². The predicted octanol–water partition coefficient (Wildman–Crippen LogP) is 3.19. The summed E-state index contributed by atoms with van der Waals surface area (Å²) in [4.78, 5) is 0. The molecule has 3 nitrogen and oxygen atoms in total. The summed E-state index contributed by atoms with van der Waals surface area (Å²) in [5, 5.41) is 0. The number of nitrogen functional groups attached to an aromatic ring is 2. The van der Waals surface area contributed by atoms with Crippen LogP contribution in [0.2, 0.25) is 0 Å². The van der Waals surface area contributed by atoms with Gasteiger partial charge in [-0.3, -0.25) is 0 Å². The number of hydrogen-bond donors (Lipinski definition) is 2. The van der Waals surface area contributed by atoms with Gasteiger partial charge in [-0.25, -0.2) is 0 Å². The van der Waals surface area contributed by atoms with Gasteiger partial charge >= 0.3 is 0 Å². The molecule has 4 heteroatoms. The van der Waals surface area contributed by atoms with Crippen LogP contribution in [-0.4, -0.2) is 0 Å². The summed E-state index contributed by atoms with van der Waals surface area (Å²) in [6, 6.07) is 13.5. The number of nitrogens with two attached hydrogens (primary N) is 2. The van der Waals surface area contributed by atoms with Gasteiger partial charge in [0, 0.05) is 4.47 Å². The molecule has 0 aliphatic rings. The van der Waals surface area contributed by atoms with Gasteiger partial charge in [-0.2, -0.15) is 0 Å². The zero-order chi connectivity index (χ0) is 12.3. The molecule has 0 spiro atoms. The average Bonchev–Trinajstić information content (AvgIpc) is 2.33. The summed E-state index contributed by atoms with van der Waals surface area (Å²) in [5.41, 5.74) is 13.7. The van der Waals surface area contributed by atoms with Crippen LogP contribution in [0.5, 0.6) is 5.75 Å². The van der Waals surface area contributed by atoms with Gasteiger partial charge in [-0.15, -0.1) is 0 Å². The van der Waals surface area contributed by atoms with E-state index < -0.39 is 0 Å². The third kappa shape index (κ3) is 2.91. The van der Waals surface area contributed by atoms with Crippen LogP contribution >= 0.6 is 15.9 Å². The van der Waals surface area contributed by atoms with Crippen molar-refractivity contribution in [2.24, 2.45) is 0 Å². The molecule has 0 saturated carbocycles. The maximum absolute atomic E-state index is 5.84. The highest BCUT2D eigenvalue weighted by molar-refractivity contribution is 9.10. The minimum atomic E-state index is 0.473. The number of rotatable bonds is 3. The molecule has 0 unspecified atom stereocenters. The smallest absolute Gasteiger partial charge is 0.145 e. The van der Waals surface area contributed by atoms with Crippen molar-refractivity contribution in [1.29, 1.82) is 0 Å².